The molecule has 0 bridgehead atoms. The lowest BCUT2D eigenvalue weighted by Crippen LogP contribution is -2.37. The van der Waals surface area contributed by atoms with Gasteiger partial charge in [-0.25, -0.2) is 8.42 Å². The summed E-state index contributed by atoms with van der Waals surface area (Å²) in [6.45, 7) is 11.0. The number of ether oxygens (including phenoxy) is 1. The van der Waals surface area contributed by atoms with Gasteiger partial charge >= 0.3 is 0 Å². The Morgan fingerprint density at radius 1 is 1.35 bits per heavy atom. The van der Waals surface area contributed by atoms with Gasteiger partial charge in [-0.15, -0.1) is 0 Å². The van der Waals surface area contributed by atoms with Crippen molar-refractivity contribution >= 4 is 10.0 Å². The maximum absolute atomic E-state index is 13.0. The minimum Gasteiger partial charge on any atom is -0.362 e. The molecule has 1 aliphatic heterocycles. The fourth-order valence-electron chi connectivity index (χ4n) is 2.74. The highest BCUT2D eigenvalue weighted by molar-refractivity contribution is 7.89. The van der Waals surface area contributed by atoms with Crippen LogP contribution >= 0.6 is 0 Å². The van der Waals surface area contributed by atoms with Gasteiger partial charge < -0.3 is 4.74 Å². The minimum atomic E-state index is -3.54. The maximum atomic E-state index is 13.0. The molecule has 1 saturated heterocycles. The fourth-order valence-corrected chi connectivity index (χ4v) is 4.32. The van der Waals surface area contributed by atoms with Crippen molar-refractivity contribution in [3.05, 3.63) is 42.0 Å². The quantitative estimate of drug-likeness (QED) is 0.563. The average Bonchev–Trinajstić information content (AvgIpc) is 2.93. The van der Waals surface area contributed by atoms with Gasteiger partial charge in [-0.3, -0.25) is 0 Å². The molecule has 2 unspecified atom stereocenters. The van der Waals surface area contributed by atoms with E-state index in [1.165, 1.54) is 4.31 Å². The van der Waals surface area contributed by atoms with Crippen molar-refractivity contribution in [2.75, 3.05) is 13.2 Å². The topological polar surface area (TPSA) is 46.6 Å². The molecule has 1 fully saturated rings. The maximum Gasteiger partial charge on any atom is 0.245 e. The SMILES string of the molecule is C=C(C)C1CC(OCCCC)N(S(=O)(=O)c2ccc(C)cc2)C1. The van der Waals surface area contributed by atoms with E-state index >= 15 is 0 Å². The van der Waals surface area contributed by atoms with Crippen LogP contribution in [0.25, 0.3) is 0 Å². The molecule has 4 nitrogen and oxygen atoms in total. The largest absolute Gasteiger partial charge is 0.362 e. The Balaban J connectivity index is 2.24. The number of hydrogen-bond acceptors (Lipinski definition) is 3. The van der Waals surface area contributed by atoms with Crippen LogP contribution in [0.4, 0.5) is 0 Å². The van der Waals surface area contributed by atoms with E-state index in [1.54, 1.807) is 12.1 Å². The first-order valence-electron chi connectivity index (χ1n) is 8.21. The Labute approximate surface area is 140 Å². The molecule has 0 N–H and O–H groups in total. The first-order valence-corrected chi connectivity index (χ1v) is 9.65. The fraction of sp³-hybridized carbons (Fsp3) is 0.556. The lowest BCUT2D eigenvalue weighted by molar-refractivity contribution is -0.000341. The van der Waals surface area contributed by atoms with E-state index in [-0.39, 0.29) is 5.92 Å². The third-order valence-corrected chi connectivity index (χ3v) is 6.21. The molecule has 1 heterocycles. The third kappa shape index (κ3) is 4.22. The van der Waals surface area contributed by atoms with Crippen molar-refractivity contribution in [2.24, 2.45) is 5.92 Å². The zero-order valence-corrected chi connectivity index (χ0v) is 15.1. The molecule has 1 aromatic carbocycles. The van der Waals surface area contributed by atoms with E-state index < -0.39 is 16.3 Å². The predicted molar refractivity (Wildman–Crippen MR) is 92.6 cm³/mol. The molecule has 2 atom stereocenters. The summed E-state index contributed by atoms with van der Waals surface area (Å²) in [6, 6.07) is 6.99. The van der Waals surface area contributed by atoms with Crippen molar-refractivity contribution in [3.8, 4) is 0 Å². The summed E-state index contributed by atoms with van der Waals surface area (Å²) in [5.74, 6) is 0.154. The van der Waals surface area contributed by atoms with Crippen molar-refractivity contribution in [2.45, 2.75) is 51.2 Å². The first kappa shape index (κ1) is 18.2. The van der Waals surface area contributed by atoms with Crippen LogP contribution < -0.4 is 0 Å². The van der Waals surface area contributed by atoms with Crippen LogP contribution in [0.15, 0.2) is 41.3 Å². The second kappa shape index (κ2) is 7.60. The molecule has 0 saturated carbocycles. The summed E-state index contributed by atoms with van der Waals surface area (Å²) in [6.07, 6.45) is 2.26. The molecule has 23 heavy (non-hydrogen) atoms. The van der Waals surface area contributed by atoms with Gasteiger partial charge in [0.25, 0.3) is 0 Å². The van der Waals surface area contributed by atoms with E-state index in [0.717, 1.165) is 24.0 Å². The Kier molecular flexibility index (Phi) is 6.00. The van der Waals surface area contributed by atoms with E-state index in [2.05, 4.69) is 13.5 Å². The summed E-state index contributed by atoms with van der Waals surface area (Å²) in [5, 5.41) is 0. The average molecular weight is 337 g/mol. The molecule has 2 rings (SSSR count). The van der Waals surface area contributed by atoms with Crippen LogP contribution in [0.5, 0.6) is 0 Å². The summed E-state index contributed by atoms with van der Waals surface area (Å²) >= 11 is 0. The monoisotopic (exact) mass is 337 g/mol. The van der Waals surface area contributed by atoms with E-state index in [1.807, 2.05) is 26.0 Å². The summed E-state index contributed by atoms with van der Waals surface area (Å²) in [5.41, 5.74) is 2.05. The number of rotatable bonds is 7. The van der Waals surface area contributed by atoms with Crippen molar-refractivity contribution in [1.29, 1.82) is 0 Å². The second-order valence-electron chi connectivity index (χ2n) is 6.35. The van der Waals surface area contributed by atoms with E-state index in [9.17, 15) is 8.42 Å². The Hall–Kier alpha value is -1.17. The number of benzene rings is 1. The number of hydrogen-bond donors (Lipinski definition) is 0. The van der Waals surface area contributed by atoms with Gasteiger partial charge in [-0.1, -0.05) is 43.2 Å². The van der Waals surface area contributed by atoms with Crippen LogP contribution in [0.2, 0.25) is 0 Å². The van der Waals surface area contributed by atoms with Crippen LogP contribution in [0.3, 0.4) is 0 Å². The minimum absolute atomic E-state index is 0.154. The first-order chi connectivity index (χ1) is 10.9. The third-order valence-electron chi connectivity index (χ3n) is 4.34. The van der Waals surface area contributed by atoms with Crippen LogP contribution in [-0.4, -0.2) is 32.1 Å². The van der Waals surface area contributed by atoms with Gasteiger partial charge in [0.15, 0.2) is 0 Å². The smallest absolute Gasteiger partial charge is 0.245 e. The predicted octanol–water partition coefficient (Wildman–Crippen LogP) is 3.72. The van der Waals surface area contributed by atoms with Gasteiger partial charge in [0.1, 0.15) is 6.23 Å². The Morgan fingerprint density at radius 2 is 2.00 bits per heavy atom. The highest BCUT2D eigenvalue weighted by Crippen LogP contribution is 2.33. The second-order valence-corrected chi connectivity index (χ2v) is 8.24. The molecular formula is C18H27NO3S. The molecule has 0 aliphatic carbocycles. The number of aryl methyl sites for hydroxylation is 1. The molecule has 0 amide bonds. The number of nitrogens with zero attached hydrogens (tertiary/aromatic N) is 1. The van der Waals surface area contributed by atoms with Gasteiger partial charge in [-0.2, -0.15) is 4.31 Å². The molecule has 1 aromatic rings. The standard InChI is InChI=1S/C18H27NO3S/c1-5-6-11-22-18-12-16(14(2)3)13-19(18)23(20,21)17-9-7-15(4)8-10-17/h7-10,16,18H,2,5-6,11-13H2,1,3-4H3. The summed E-state index contributed by atoms with van der Waals surface area (Å²) < 4.78 is 33.3. The number of unbranched alkanes of at least 4 members (excludes halogenated alkanes) is 1. The van der Waals surface area contributed by atoms with Gasteiger partial charge in [0.05, 0.1) is 4.90 Å². The van der Waals surface area contributed by atoms with Gasteiger partial charge in [0, 0.05) is 13.2 Å². The molecular weight excluding hydrogens is 310 g/mol. The van der Waals surface area contributed by atoms with E-state index in [0.29, 0.717) is 24.5 Å². The lowest BCUT2D eigenvalue weighted by atomic mass is 10.0. The van der Waals surface area contributed by atoms with Crippen LogP contribution in [0, 0.1) is 12.8 Å². The number of sulfonamides is 1. The van der Waals surface area contributed by atoms with Gasteiger partial charge in [0.2, 0.25) is 10.0 Å². The summed E-state index contributed by atoms with van der Waals surface area (Å²) in [4.78, 5) is 0.328. The Morgan fingerprint density at radius 3 is 2.57 bits per heavy atom. The molecule has 128 valence electrons. The highest BCUT2D eigenvalue weighted by atomic mass is 32.2. The van der Waals surface area contributed by atoms with E-state index in [4.69, 9.17) is 4.74 Å². The van der Waals surface area contributed by atoms with Crippen LogP contribution in [-0.2, 0) is 14.8 Å². The molecule has 1 aliphatic rings. The zero-order valence-electron chi connectivity index (χ0n) is 14.3. The zero-order chi connectivity index (χ0) is 17.0. The highest BCUT2D eigenvalue weighted by Gasteiger charge is 2.41. The molecule has 5 heteroatoms. The van der Waals surface area contributed by atoms with Gasteiger partial charge in [-0.05, 0) is 44.7 Å². The summed E-state index contributed by atoms with van der Waals surface area (Å²) in [7, 11) is -3.54. The van der Waals surface area contributed by atoms with Crippen molar-refractivity contribution < 1.29 is 13.2 Å². The molecule has 0 aromatic heterocycles. The molecule has 0 radical (unpaired) electrons. The van der Waals surface area contributed by atoms with Crippen LogP contribution in [0.1, 0.15) is 38.7 Å². The Bertz CT molecular complexity index is 637. The normalized spacial score (nSPS) is 22.4. The molecule has 0 spiro atoms. The lowest BCUT2D eigenvalue weighted by Gasteiger charge is -2.24. The van der Waals surface area contributed by atoms with Crippen molar-refractivity contribution in [3.63, 3.8) is 0 Å². The van der Waals surface area contributed by atoms with Crippen molar-refractivity contribution in [1.82, 2.24) is 4.31 Å².